The van der Waals surface area contributed by atoms with Crippen molar-refractivity contribution in [2.24, 2.45) is 0 Å². The number of aryl methyl sites for hydroxylation is 1. The Labute approximate surface area is 161 Å². The van der Waals surface area contributed by atoms with Crippen LogP contribution in [0.5, 0.6) is 0 Å². The van der Waals surface area contributed by atoms with Gasteiger partial charge in [0.05, 0.1) is 16.0 Å². The average Bonchev–Trinajstić information content (AvgIpc) is 3.23. The Hall–Kier alpha value is -2.18. The summed E-state index contributed by atoms with van der Waals surface area (Å²) < 4.78 is 0.594. The van der Waals surface area contributed by atoms with E-state index in [0.29, 0.717) is 4.58 Å². The smallest absolute Gasteiger partial charge is 0.113 e. The molecule has 0 spiro atoms. The zero-order chi connectivity index (χ0) is 17.8. The van der Waals surface area contributed by atoms with E-state index < -0.39 is 0 Å². The molecule has 2 aromatic heterocycles. The Morgan fingerprint density at radius 3 is 2.08 bits per heavy atom. The normalized spacial score (nSPS) is 15.0. The Kier molecular flexibility index (Phi) is 5.32. The fraction of sp³-hybridized carbons (Fsp3) is 0.200. The standard InChI is InChI=1S/C20H18N4S2/c1-14-2-10-18(23-21-14)19-11-9-17(22-24-19)8-5-15-3-6-16(7-4-15)20-25-12-13-26-20/h2-11,20H,12-13H2,1H3. The Morgan fingerprint density at radius 1 is 0.769 bits per heavy atom. The summed E-state index contributed by atoms with van der Waals surface area (Å²) in [5, 5.41) is 16.7. The fourth-order valence-electron chi connectivity index (χ4n) is 2.60. The van der Waals surface area contributed by atoms with Crippen LogP contribution in [0.3, 0.4) is 0 Å². The summed E-state index contributed by atoms with van der Waals surface area (Å²) in [7, 11) is 0. The first-order valence-corrected chi connectivity index (χ1v) is 10.5. The third-order valence-corrected chi connectivity index (χ3v) is 7.13. The molecule has 0 aliphatic carbocycles. The first-order valence-electron chi connectivity index (χ1n) is 8.44. The van der Waals surface area contributed by atoms with E-state index in [2.05, 4.69) is 50.7 Å². The van der Waals surface area contributed by atoms with Crippen molar-refractivity contribution < 1.29 is 0 Å². The second-order valence-corrected chi connectivity index (χ2v) is 8.70. The van der Waals surface area contributed by atoms with E-state index in [1.807, 2.05) is 60.8 Å². The van der Waals surface area contributed by atoms with Crippen LogP contribution in [0.1, 0.15) is 27.1 Å². The molecule has 1 aliphatic rings. The van der Waals surface area contributed by atoms with Crippen molar-refractivity contribution in [3.8, 4) is 11.4 Å². The topological polar surface area (TPSA) is 51.6 Å². The van der Waals surface area contributed by atoms with Crippen molar-refractivity contribution in [1.29, 1.82) is 0 Å². The van der Waals surface area contributed by atoms with E-state index in [1.54, 1.807) is 0 Å². The Morgan fingerprint density at radius 2 is 1.46 bits per heavy atom. The minimum atomic E-state index is 0.594. The molecular formula is C20H18N4S2. The van der Waals surface area contributed by atoms with E-state index in [0.717, 1.165) is 28.3 Å². The predicted molar refractivity (Wildman–Crippen MR) is 111 cm³/mol. The largest absolute Gasteiger partial charge is 0.155 e. The SMILES string of the molecule is Cc1ccc(-c2ccc(C=Cc3ccc(C4SCCS4)cc3)nn2)nn1. The van der Waals surface area contributed by atoms with Crippen LogP contribution >= 0.6 is 23.5 Å². The van der Waals surface area contributed by atoms with Gasteiger partial charge in [-0.2, -0.15) is 10.2 Å². The van der Waals surface area contributed by atoms with Crippen molar-refractivity contribution in [3.05, 3.63) is 71.0 Å². The highest BCUT2D eigenvalue weighted by atomic mass is 32.2. The van der Waals surface area contributed by atoms with Gasteiger partial charge in [0, 0.05) is 11.5 Å². The first kappa shape index (κ1) is 17.2. The summed E-state index contributed by atoms with van der Waals surface area (Å²) in [5.41, 5.74) is 5.73. The van der Waals surface area contributed by atoms with E-state index in [9.17, 15) is 0 Å². The molecule has 0 radical (unpaired) electrons. The summed E-state index contributed by atoms with van der Waals surface area (Å²) in [5.74, 6) is 2.50. The van der Waals surface area contributed by atoms with Crippen LogP contribution in [0.15, 0.2) is 48.5 Å². The lowest BCUT2D eigenvalue weighted by atomic mass is 10.1. The summed E-state index contributed by atoms with van der Waals surface area (Å²) in [6.07, 6.45) is 4.04. The summed E-state index contributed by atoms with van der Waals surface area (Å²) in [6.45, 7) is 1.91. The van der Waals surface area contributed by atoms with Crippen molar-refractivity contribution >= 4 is 35.7 Å². The number of benzene rings is 1. The molecule has 3 heterocycles. The van der Waals surface area contributed by atoms with Crippen LogP contribution in [0.4, 0.5) is 0 Å². The molecule has 0 amide bonds. The van der Waals surface area contributed by atoms with Crippen LogP contribution in [0, 0.1) is 6.92 Å². The number of nitrogens with zero attached hydrogens (tertiary/aromatic N) is 4. The minimum Gasteiger partial charge on any atom is -0.155 e. The fourth-order valence-corrected chi connectivity index (χ4v) is 5.46. The quantitative estimate of drug-likeness (QED) is 0.644. The van der Waals surface area contributed by atoms with Crippen molar-refractivity contribution in [3.63, 3.8) is 0 Å². The average molecular weight is 379 g/mol. The highest BCUT2D eigenvalue weighted by molar-refractivity contribution is 8.19. The van der Waals surface area contributed by atoms with Gasteiger partial charge in [-0.15, -0.1) is 33.7 Å². The highest BCUT2D eigenvalue weighted by Gasteiger charge is 2.17. The summed E-state index contributed by atoms with van der Waals surface area (Å²) in [6, 6.07) is 16.5. The molecule has 3 aromatic rings. The van der Waals surface area contributed by atoms with Crippen LogP contribution in [0.2, 0.25) is 0 Å². The molecular weight excluding hydrogens is 360 g/mol. The van der Waals surface area contributed by atoms with Crippen LogP contribution < -0.4 is 0 Å². The molecule has 6 heteroatoms. The van der Waals surface area contributed by atoms with Gasteiger partial charge < -0.3 is 0 Å². The molecule has 1 aromatic carbocycles. The van der Waals surface area contributed by atoms with Gasteiger partial charge in [-0.3, -0.25) is 0 Å². The molecule has 0 atom stereocenters. The maximum Gasteiger partial charge on any atom is 0.113 e. The summed E-state index contributed by atoms with van der Waals surface area (Å²) in [4.78, 5) is 0. The number of rotatable bonds is 4. The van der Waals surface area contributed by atoms with E-state index in [4.69, 9.17) is 0 Å². The first-order chi connectivity index (χ1) is 12.8. The number of hydrogen-bond acceptors (Lipinski definition) is 6. The maximum absolute atomic E-state index is 4.26. The van der Waals surface area contributed by atoms with Crippen molar-refractivity contribution in [2.45, 2.75) is 11.5 Å². The molecule has 0 saturated carbocycles. The zero-order valence-electron chi connectivity index (χ0n) is 14.4. The highest BCUT2D eigenvalue weighted by Crippen LogP contribution is 2.45. The Bertz CT molecular complexity index is 885. The molecule has 0 unspecified atom stereocenters. The lowest BCUT2D eigenvalue weighted by Gasteiger charge is -2.07. The zero-order valence-corrected chi connectivity index (χ0v) is 16.0. The van der Waals surface area contributed by atoms with Gasteiger partial charge in [0.15, 0.2) is 0 Å². The van der Waals surface area contributed by atoms with Gasteiger partial charge in [0.2, 0.25) is 0 Å². The van der Waals surface area contributed by atoms with E-state index in [-0.39, 0.29) is 0 Å². The van der Waals surface area contributed by atoms with Gasteiger partial charge in [0.1, 0.15) is 11.4 Å². The Balaban J connectivity index is 1.44. The van der Waals surface area contributed by atoms with E-state index in [1.165, 1.54) is 17.1 Å². The minimum absolute atomic E-state index is 0.594. The number of hydrogen-bond donors (Lipinski definition) is 0. The van der Waals surface area contributed by atoms with Gasteiger partial charge in [-0.05, 0) is 48.4 Å². The van der Waals surface area contributed by atoms with Crippen LogP contribution in [0.25, 0.3) is 23.5 Å². The monoisotopic (exact) mass is 378 g/mol. The van der Waals surface area contributed by atoms with Gasteiger partial charge in [-0.25, -0.2) is 0 Å². The van der Waals surface area contributed by atoms with Crippen LogP contribution in [-0.2, 0) is 0 Å². The van der Waals surface area contributed by atoms with Gasteiger partial charge in [0.25, 0.3) is 0 Å². The molecule has 0 bridgehead atoms. The number of thioether (sulfide) groups is 2. The molecule has 0 N–H and O–H groups in total. The van der Waals surface area contributed by atoms with E-state index >= 15 is 0 Å². The van der Waals surface area contributed by atoms with Crippen LogP contribution in [-0.4, -0.2) is 31.9 Å². The second-order valence-electron chi connectivity index (χ2n) is 5.98. The van der Waals surface area contributed by atoms with Gasteiger partial charge in [-0.1, -0.05) is 30.3 Å². The summed E-state index contributed by atoms with van der Waals surface area (Å²) >= 11 is 4.06. The lowest BCUT2D eigenvalue weighted by Crippen LogP contribution is -1.94. The molecule has 130 valence electrons. The molecule has 1 saturated heterocycles. The number of aromatic nitrogens is 4. The molecule has 1 aliphatic heterocycles. The molecule has 4 nitrogen and oxygen atoms in total. The van der Waals surface area contributed by atoms with Crippen molar-refractivity contribution in [2.75, 3.05) is 11.5 Å². The lowest BCUT2D eigenvalue weighted by molar-refractivity contribution is 0.958. The third kappa shape index (κ3) is 4.14. The second kappa shape index (κ2) is 8.01. The maximum atomic E-state index is 4.26. The third-order valence-electron chi connectivity index (χ3n) is 4.02. The predicted octanol–water partition coefficient (Wildman–Crippen LogP) is 4.89. The van der Waals surface area contributed by atoms with Crippen molar-refractivity contribution in [1.82, 2.24) is 20.4 Å². The molecule has 4 rings (SSSR count). The molecule has 26 heavy (non-hydrogen) atoms. The van der Waals surface area contributed by atoms with Gasteiger partial charge >= 0.3 is 0 Å². The molecule has 1 fully saturated rings.